The number of piperidine rings is 1. The number of rotatable bonds is 3. The van der Waals surface area contributed by atoms with Crippen molar-refractivity contribution in [2.24, 2.45) is 0 Å². The molecule has 0 saturated carbocycles. The number of para-hydroxylation sites is 1. The fourth-order valence-electron chi connectivity index (χ4n) is 3.16. The molecule has 0 spiro atoms. The molecule has 5 heteroatoms. The summed E-state index contributed by atoms with van der Waals surface area (Å²) in [6, 6.07) is 7.88. The Morgan fingerprint density at radius 2 is 1.76 bits per heavy atom. The van der Waals surface area contributed by atoms with Gasteiger partial charge in [0, 0.05) is 18.8 Å². The van der Waals surface area contributed by atoms with Crippen LogP contribution in [0.15, 0.2) is 36.7 Å². The second kappa shape index (κ2) is 7.21. The standard InChI is InChI=1S/C20H26N4O/c1-20(2,3)15-9-5-6-10-16(15)23-19(25)17-13-22-18(14-21-17)24-11-7-4-8-12-24/h5-6,9-10,13-14H,4,7-8,11-12H2,1-3H3,(H,23,25). The van der Waals surface area contributed by atoms with E-state index in [-0.39, 0.29) is 11.3 Å². The summed E-state index contributed by atoms with van der Waals surface area (Å²) < 4.78 is 0. The molecule has 1 fully saturated rings. The van der Waals surface area contributed by atoms with Gasteiger partial charge in [0.2, 0.25) is 0 Å². The number of anilines is 2. The summed E-state index contributed by atoms with van der Waals surface area (Å²) >= 11 is 0. The van der Waals surface area contributed by atoms with Gasteiger partial charge in [-0.3, -0.25) is 4.79 Å². The molecule has 1 saturated heterocycles. The van der Waals surface area contributed by atoms with Crippen LogP contribution >= 0.6 is 0 Å². The van der Waals surface area contributed by atoms with E-state index in [1.807, 2.05) is 24.3 Å². The highest BCUT2D eigenvalue weighted by atomic mass is 16.1. The highest BCUT2D eigenvalue weighted by molar-refractivity contribution is 6.03. The molecule has 2 aromatic rings. The number of hydrogen-bond acceptors (Lipinski definition) is 4. The number of nitrogens with zero attached hydrogens (tertiary/aromatic N) is 3. The van der Waals surface area contributed by atoms with Gasteiger partial charge in [0.25, 0.3) is 5.91 Å². The number of aromatic nitrogens is 2. The summed E-state index contributed by atoms with van der Waals surface area (Å²) in [6.07, 6.45) is 6.92. The Morgan fingerprint density at radius 3 is 2.40 bits per heavy atom. The smallest absolute Gasteiger partial charge is 0.275 e. The first kappa shape index (κ1) is 17.4. The lowest BCUT2D eigenvalue weighted by Crippen LogP contribution is -2.30. The lowest BCUT2D eigenvalue weighted by atomic mass is 9.86. The maximum Gasteiger partial charge on any atom is 0.275 e. The average Bonchev–Trinajstić information content (AvgIpc) is 2.62. The molecule has 3 rings (SSSR count). The van der Waals surface area contributed by atoms with Gasteiger partial charge in [-0.25, -0.2) is 9.97 Å². The van der Waals surface area contributed by atoms with Gasteiger partial charge in [-0.05, 0) is 36.3 Å². The van der Waals surface area contributed by atoms with E-state index >= 15 is 0 Å². The Kier molecular flexibility index (Phi) is 5.02. The molecule has 0 radical (unpaired) electrons. The third kappa shape index (κ3) is 4.16. The van der Waals surface area contributed by atoms with Crippen molar-refractivity contribution in [1.29, 1.82) is 0 Å². The van der Waals surface area contributed by atoms with Gasteiger partial charge in [0.1, 0.15) is 11.5 Å². The van der Waals surface area contributed by atoms with E-state index in [1.54, 1.807) is 12.4 Å². The maximum atomic E-state index is 12.6. The van der Waals surface area contributed by atoms with Crippen LogP contribution in [0.4, 0.5) is 11.5 Å². The molecule has 1 aliphatic rings. The Balaban J connectivity index is 1.74. The number of hydrogen-bond donors (Lipinski definition) is 1. The number of nitrogens with one attached hydrogen (secondary N) is 1. The third-order valence-corrected chi connectivity index (χ3v) is 4.53. The summed E-state index contributed by atoms with van der Waals surface area (Å²) in [5.41, 5.74) is 2.21. The van der Waals surface area contributed by atoms with Crippen LogP contribution in [-0.4, -0.2) is 29.0 Å². The van der Waals surface area contributed by atoms with E-state index in [2.05, 4.69) is 41.0 Å². The number of carbonyl (C=O) groups excluding carboxylic acids is 1. The van der Waals surface area contributed by atoms with E-state index in [0.717, 1.165) is 30.2 Å². The molecule has 1 aliphatic heterocycles. The molecule has 1 aromatic heterocycles. The van der Waals surface area contributed by atoms with Gasteiger partial charge < -0.3 is 10.2 Å². The Morgan fingerprint density at radius 1 is 1.04 bits per heavy atom. The van der Waals surface area contributed by atoms with Crippen LogP contribution < -0.4 is 10.2 Å². The molecule has 2 heterocycles. The molecular formula is C20H26N4O. The van der Waals surface area contributed by atoms with E-state index in [4.69, 9.17) is 0 Å². The molecule has 25 heavy (non-hydrogen) atoms. The SMILES string of the molecule is CC(C)(C)c1ccccc1NC(=O)c1cnc(N2CCCCC2)cn1. The van der Waals surface area contributed by atoms with Crippen molar-refractivity contribution in [2.75, 3.05) is 23.3 Å². The summed E-state index contributed by atoms with van der Waals surface area (Å²) in [5.74, 6) is 0.626. The first-order valence-electron chi connectivity index (χ1n) is 8.93. The van der Waals surface area contributed by atoms with Crippen molar-refractivity contribution in [3.8, 4) is 0 Å². The second-order valence-corrected chi connectivity index (χ2v) is 7.56. The van der Waals surface area contributed by atoms with Crippen LogP contribution in [0.1, 0.15) is 56.1 Å². The van der Waals surface area contributed by atoms with Crippen LogP contribution in [-0.2, 0) is 5.41 Å². The van der Waals surface area contributed by atoms with Crippen LogP contribution in [0.25, 0.3) is 0 Å². The number of benzene rings is 1. The maximum absolute atomic E-state index is 12.6. The highest BCUT2D eigenvalue weighted by Gasteiger charge is 2.20. The van der Waals surface area contributed by atoms with Gasteiger partial charge in [-0.1, -0.05) is 39.0 Å². The molecule has 0 atom stereocenters. The fraction of sp³-hybridized carbons (Fsp3) is 0.450. The third-order valence-electron chi connectivity index (χ3n) is 4.53. The van der Waals surface area contributed by atoms with E-state index in [0.29, 0.717) is 5.69 Å². The Labute approximate surface area is 149 Å². The van der Waals surface area contributed by atoms with Crippen molar-refractivity contribution < 1.29 is 4.79 Å². The topological polar surface area (TPSA) is 58.1 Å². The van der Waals surface area contributed by atoms with Crippen LogP contribution in [0.2, 0.25) is 0 Å². The van der Waals surface area contributed by atoms with Crippen molar-refractivity contribution in [3.05, 3.63) is 47.9 Å². The van der Waals surface area contributed by atoms with Gasteiger partial charge in [0.15, 0.2) is 0 Å². The average molecular weight is 338 g/mol. The molecule has 0 bridgehead atoms. The van der Waals surface area contributed by atoms with Crippen LogP contribution in [0.3, 0.4) is 0 Å². The first-order chi connectivity index (χ1) is 11.9. The summed E-state index contributed by atoms with van der Waals surface area (Å²) in [6.45, 7) is 8.42. The van der Waals surface area contributed by atoms with Gasteiger partial charge >= 0.3 is 0 Å². The monoisotopic (exact) mass is 338 g/mol. The molecule has 0 unspecified atom stereocenters. The van der Waals surface area contributed by atoms with E-state index < -0.39 is 0 Å². The Bertz CT molecular complexity index is 728. The van der Waals surface area contributed by atoms with Gasteiger partial charge in [-0.15, -0.1) is 0 Å². The Hall–Kier alpha value is -2.43. The number of carbonyl (C=O) groups is 1. The van der Waals surface area contributed by atoms with Crippen molar-refractivity contribution in [3.63, 3.8) is 0 Å². The van der Waals surface area contributed by atoms with E-state index in [1.165, 1.54) is 19.3 Å². The molecule has 132 valence electrons. The van der Waals surface area contributed by atoms with Crippen molar-refractivity contribution >= 4 is 17.4 Å². The molecular weight excluding hydrogens is 312 g/mol. The minimum atomic E-state index is -0.227. The molecule has 1 N–H and O–H groups in total. The zero-order valence-corrected chi connectivity index (χ0v) is 15.2. The summed E-state index contributed by atoms with van der Waals surface area (Å²) in [4.78, 5) is 23.5. The predicted octanol–water partition coefficient (Wildman–Crippen LogP) is 4.02. The van der Waals surface area contributed by atoms with Gasteiger partial charge in [-0.2, -0.15) is 0 Å². The number of amides is 1. The zero-order valence-electron chi connectivity index (χ0n) is 15.2. The minimum Gasteiger partial charge on any atom is -0.355 e. The molecule has 5 nitrogen and oxygen atoms in total. The second-order valence-electron chi connectivity index (χ2n) is 7.56. The highest BCUT2D eigenvalue weighted by Crippen LogP contribution is 2.29. The predicted molar refractivity (Wildman–Crippen MR) is 101 cm³/mol. The largest absolute Gasteiger partial charge is 0.355 e. The summed E-state index contributed by atoms with van der Waals surface area (Å²) in [5, 5.41) is 2.98. The lowest BCUT2D eigenvalue weighted by molar-refractivity contribution is 0.102. The minimum absolute atomic E-state index is 0.0479. The fourth-order valence-corrected chi connectivity index (χ4v) is 3.16. The van der Waals surface area contributed by atoms with E-state index in [9.17, 15) is 4.79 Å². The molecule has 0 aliphatic carbocycles. The first-order valence-corrected chi connectivity index (χ1v) is 8.93. The quantitative estimate of drug-likeness (QED) is 0.918. The van der Waals surface area contributed by atoms with Crippen LogP contribution in [0.5, 0.6) is 0 Å². The molecule has 1 aromatic carbocycles. The van der Waals surface area contributed by atoms with Gasteiger partial charge in [0.05, 0.1) is 12.4 Å². The normalized spacial score (nSPS) is 15.1. The van der Waals surface area contributed by atoms with Crippen molar-refractivity contribution in [1.82, 2.24) is 9.97 Å². The van der Waals surface area contributed by atoms with Crippen LogP contribution in [0, 0.1) is 0 Å². The zero-order chi connectivity index (χ0) is 17.9. The van der Waals surface area contributed by atoms with Crippen molar-refractivity contribution in [2.45, 2.75) is 45.4 Å². The summed E-state index contributed by atoms with van der Waals surface area (Å²) in [7, 11) is 0. The lowest BCUT2D eigenvalue weighted by Gasteiger charge is -2.27. The molecule has 1 amide bonds.